The lowest BCUT2D eigenvalue weighted by atomic mass is 9.93. The van der Waals surface area contributed by atoms with Crippen molar-refractivity contribution in [3.05, 3.63) is 29.0 Å². The van der Waals surface area contributed by atoms with Crippen LogP contribution in [0.1, 0.15) is 39.5 Å². The van der Waals surface area contributed by atoms with Gasteiger partial charge in [-0.1, -0.05) is 19.0 Å². The van der Waals surface area contributed by atoms with Gasteiger partial charge in [-0.25, -0.2) is 21.6 Å². The number of hydrogen-bond acceptors (Lipinski definition) is 5. The number of halogens is 4. The van der Waals surface area contributed by atoms with Crippen LogP contribution in [0.3, 0.4) is 0 Å². The van der Waals surface area contributed by atoms with Crippen molar-refractivity contribution in [1.82, 2.24) is 10.2 Å². The van der Waals surface area contributed by atoms with E-state index < -0.39 is 69.0 Å². The molecule has 1 saturated heterocycles. The van der Waals surface area contributed by atoms with Gasteiger partial charge < -0.3 is 10.2 Å². The summed E-state index contributed by atoms with van der Waals surface area (Å²) in [7, 11) is -4.16. The van der Waals surface area contributed by atoms with E-state index in [0.717, 1.165) is 23.1 Å². The molecule has 12 heteroatoms. The van der Waals surface area contributed by atoms with Crippen LogP contribution in [0.4, 0.5) is 13.2 Å². The van der Waals surface area contributed by atoms with Crippen LogP contribution in [0.5, 0.6) is 0 Å². The lowest BCUT2D eigenvalue weighted by Crippen LogP contribution is -2.45. The lowest BCUT2D eigenvalue weighted by molar-refractivity contribution is -0.141. The van der Waals surface area contributed by atoms with Gasteiger partial charge in [0.15, 0.2) is 9.84 Å². The summed E-state index contributed by atoms with van der Waals surface area (Å²) >= 11 is 5.95. The Hall–Kier alpha value is -2.32. The number of rotatable bonds is 5. The molecule has 1 aromatic rings. The molecule has 0 aromatic heterocycles. The first-order valence-electron chi connectivity index (χ1n) is 10.5. The standard InChI is InChI=1S/C21H21ClF3N3O4S.CH4/c22-16-7-12(23)1-2-17(16)33(31,32)13-8-14(18(29)27-20(10-26)3-4-20)15(9-13)19(30)28-6-5-21(24,25)11-28;/h1-2,7,13-15H,3-6,8-9,11H2,(H,27,29);1H4/t13-,14-,15-;/m1./s1. The maximum atomic E-state index is 13.7. The molecular formula is C22H25ClF3N3O4S. The van der Waals surface area contributed by atoms with Gasteiger partial charge in [-0.15, -0.1) is 0 Å². The highest BCUT2D eigenvalue weighted by Crippen LogP contribution is 2.43. The van der Waals surface area contributed by atoms with Crippen LogP contribution < -0.4 is 5.32 Å². The third-order valence-electron chi connectivity index (χ3n) is 6.62. The van der Waals surface area contributed by atoms with Crippen molar-refractivity contribution in [1.29, 1.82) is 5.26 Å². The molecule has 1 heterocycles. The van der Waals surface area contributed by atoms with Crippen molar-refractivity contribution < 1.29 is 31.2 Å². The second-order valence-corrected chi connectivity index (χ2v) is 11.6. The first kappa shape index (κ1) is 26.3. The highest BCUT2D eigenvalue weighted by molar-refractivity contribution is 7.92. The average molecular weight is 520 g/mol. The number of benzene rings is 1. The normalized spacial score (nSPS) is 26.9. The number of nitriles is 1. The Kier molecular flexibility index (Phi) is 6.99. The number of carbonyl (C=O) groups excluding carboxylic acids is 2. The summed E-state index contributed by atoms with van der Waals surface area (Å²) in [5.41, 5.74) is -1.04. The van der Waals surface area contributed by atoms with Gasteiger partial charge >= 0.3 is 0 Å². The molecule has 4 rings (SSSR count). The summed E-state index contributed by atoms with van der Waals surface area (Å²) in [5, 5.41) is 10.3. The Morgan fingerprint density at radius 3 is 2.35 bits per heavy atom. The molecule has 3 aliphatic rings. The van der Waals surface area contributed by atoms with Crippen LogP contribution in [0.25, 0.3) is 0 Å². The number of hydrogen-bond donors (Lipinski definition) is 1. The average Bonchev–Trinajstić information content (AvgIpc) is 3.18. The second kappa shape index (κ2) is 9.04. The third kappa shape index (κ3) is 4.89. The van der Waals surface area contributed by atoms with Gasteiger partial charge in [-0.05, 0) is 43.9 Å². The predicted molar refractivity (Wildman–Crippen MR) is 117 cm³/mol. The molecular weight excluding hydrogens is 495 g/mol. The smallest absolute Gasteiger partial charge is 0.267 e. The van der Waals surface area contributed by atoms with Crippen molar-refractivity contribution in [2.75, 3.05) is 13.1 Å². The molecule has 34 heavy (non-hydrogen) atoms. The molecule has 2 amide bonds. The van der Waals surface area contributed by atoms with Gasteiger partial charge in [0, 0.05) is 13.0 Å². The van der Waals surface area contributed by atoms with E-state index >= 15 is 0 Å². The molecule has 0 unspecified atom stereocenters. The minimum atomic E-state index is -4.16. The Morgan fingerprint density at radius 2 is 1.82 bits per heavy atom. The fourth-order valence-corrected chi connectivity index (χ4v) is 6.93. The zero-order valence-corrected chi connectivity index (χ0v) is 18.9. The van der Waals surface area contributed by atoms with E-state index in [0.29, 0.717) is 12.8 Å². The first-order chi connectivity index (χ1) is 15.4. The van der Waals surface area contributed by atoms with E-state index in [1.54, 1.807) is 0 Å². The molecule has 1 N–H and O–H groups in total. The molecule has 0 radical (unpaired) electrons. The Labute approximate surface area is 201 Å². The maximum absolute atomic E-state index is 13.7. The first-order valence-corrected chi connectivity index (χ1v) is 12.4. The third-order valence-corrected chi connectivity index (χ3v) is 9.28. The van der Waals surface area contributed by atoms with E-state index in [1.807, 2.05) is 6.07 Å². The zero-order valence-electron chi connectivity index (χ0n) is 17.4. The summed E-state index contributed by atoms with van der Waals surface area (Å²) in [5.74, 6) is -7.39. The van der Waals surface area contributed by atoms with Crippen LogP contribution in [-0.4, -0.2) is 54.9 Å². The Balaban J connectivity index is 0.00000324. The van der Waals surface area contributed by atoms with Gasteiger partial charge in [0.2, 0.25) is 11.8 Å². The summed E-state index contributed by atoms with van der Waals surface area (Å²) in [6.07, 6.45) is -0.150. The van der Waals surface area contributed by atoms with Crippen LogP contribution in [0.2, 0.25) is 5.02 Å². The van der Waals surface area contributed by atoms with Crippen LogP contribution in [0.15, 0.2) is 23.1 Å². The minimum absolute atomic E-state index is 0. The summed E-state index contributed by atoms with van der Waals surface area (Å²) in [6.45, 7) is -0.986. The molecule has 3 atom stereocenters. The molecule has 1 aliphatic heterocycles. The zero-order chi connectivity index (χ0) is 24.2. The lowest BCUT2D eigenvalue weighted by Gasteiger charge is -2.24. The summed E-state index contributed by atoms with van der Waals surface area (Å²) in [6, 6.07) is 4.81. The fraction of sp³-hybridized carbons (Fsp3) is 0.591. The highest BCUT2D eigenvalue weighted by atomic mass is 35.5. The van der Waals surface area contributed by atoms with Gasteiger partial charge in [0.1, 0.15) is 11.4 Å². The predicted octanol–water partition coefficient (Wildman–Crippen LogP) is 3.32. The fourth-order valence-electron chi connectivity index (χ4n) is 4.57. The molecule has 2 saturated carbocycles. The quantitative estimate of drug-likeness (QED) is 0.600. The van der Waals surface area contributed by atoms with Gasteiger partial charge in [-0.3, -0.25) is 9.59 Å². The molecule has 186 valence electrons. The minimum Gasteiger partial charge on any atom is -0.338 e. The van der Waals surface area contributed by atoms with Crippen LogP contribution >= 0.6 is 11.6 Å². The van der Waals surface area contributed by atoms with Crippen molar-refractivity contribution in [2.24, 2.45) is 11.8 Å². The molecule has 2 aliphatic carbocycles. The van der Waals surface area contributed by atoms with Crippen LogP contribution in [-0.2, 0) is 19.4 Å². The van der Waals surface area contributed by atoms with Crippen LogP contribution in [0, 0.1) is 29.0 Å². The van der Waals surface area contributed by atoms with Gasteiger partial charge in [0.05, 0.1) is 39.6 Å². The van der Waals surface area contributed by atoms with E-state index in [1.165, 1.54) is 0 Å². The number of carbonyl (C=O) groups is 2. The molecule has 3 fully saturated rings. The number of nitrogens with one attached hydrogen (secondary N) is 1. The summed E-state index contributed by atoms with van der Waals surface area (Å²) < 4.78 is 67.3. The second-order valence-electron chi connectivity index (χ2n) is 8.98. The SMILES string of the molecule is C.N#CC1(NC(=O)[C@@H]2C[C@@H](S(=O)(=O)c3ccc(F)cc3Cl)C[C@H]2C(=O)N2CCC(F)(F)C2)CC1. The number of amides is 2. The van der Waals surface area contributed by atoms with Crippen molar-refractivity contribution in [3.63, 3.8) is 0 Å². The largest absolute Gasteiger partial charge is 0.338 e. The number of alkyl halides is 2. The summed E-state index contributed by atoms with van der Waals surface area (Å²) in [4.78, 5) is 26.7. The number of sulfone groups is 1. The monoisotopic (exact) mass is 519 g/mol. The van der Waals surface area contributed by atoms with E-state index in [2.05, 4.69) is 5.32 Å². The van der Waals surface area contributed by atoms with Crippen molar-refractivity contribution in [3.8, 4) is 6.07 Å². The highest BCUT2D eigenvalue weighted by Gasteiger charge is 2.53. The van der Waals surface area contributed by atoms with Gasteiger partial charge in [-0.2, -0.15) is 5.26 Å². The molecule has 0 bridgehead atoms. The number of nitrogens with zero attached hydrogens (tertiary/aromatic N) is 2. The van der Waals surface area contributed by atoms with Crippen molar-refractivity contribution >= 4 is 33.3 Å². The van der Waals surface area contributed by atoms with E-state index in [-0.39, 0.29) is 36.7 Å². The van der Waals surface area contributed by atoms with E-state index in [9.17, 15) is 36.4 Å². The Morgan fingerprint density at radius 1 is 1.18 bits per heavy atom. The maximum Gasteiger partial charge on any atom is 0.267 e. The molecule has 0 spiro atoms. The topological polar surface area (TPSA) is 107 Å². The number of likely N-dealkylation sites (tertiary alicyclic amines) is 1. The molecule has 7 nitrogen and oxygen atoms in total. The Bertz CT molecular complexity index is 1150. The van der Waals surface area contributed by atoms with Gasteiger partial charge in [0.25, 0.3) is 5.92 Å². The van der Waals surface area contributed by atoms with Crippen molar-refractivity contribution in [2.45, 2.75) is 61.1 Å². The van der Waals surface area contributed by atoms with E-state index in [4.69, 9.17) is 11.6 Å². The molecule has 1 aromatic carbocycles.